The summed E-state index contributed by atoms with van der Waals surface area (Å²) in [7, 11) is 0. The van der Waals surface area contributed by atoms with E-state index in [2.05, 4.69) is 0 Å². The Morgan fingerprint density at radius 3 is 2.70 bits per heavy atom. The second kappa shape index (κ2) is 6.23. The highest BCUT2D eigenvalue weighted by molar-refractivity contribution is 7.99. The van der Waals surface area contributed by atoms with Gasteiger partial charge in [-0.05, 0) is 40.7 Å². The lowest BCUT2D eigenvalue weighted by Gasteiger charge is -2.16. The van der Waals surface area contributed by atoms with Gasteiger partial charge in [-0.15, -0.1) is 11.8 Å². The number of nitro groups is 1. The molecule has 6 heteroatoms. The molecule has 0 saturated heterocycles. The number of hydrogen-bond donors (Lipinski definition) is 0. The minimum atomic E-state index is -0.467. The van der Waals surface area contributed by atoms with Crippen molar-refractivity contribution >= 4 is 28.2 Å². The molecule has 0 bridgehead atoms. The Hall–Kier alpha value is -2.60. The summed E-state index contributed by atoms with van der Waals surface area (Å²) in [5.41, 5.74) is 2.04. The Morgan fingerprint density at radius 1 is 1.15 bits per heavy atom. The number of aromatic nitrogens is 1. The molecule has 3 aromatic rings. The molecule has 27 heavy (non-hydrogen) atoms. The molecule has 0 unspecified atom stereocenters. The van der Waals surface area contributed by atoms with Gasteiger partial charge in [0.1, 0.15) is 0 Å². The van der Waals surface area contributed by atoms with Gasteiger partial charge in [0.2, 0.25) is 0 Å². The highest BCUT2D eigenvalue weighted by Gasteiger charge is 2.38. The number of hydrogen-bond acceptors (Lipinski definition) is 4. The van der Waals surface area contributed by atoms with Crippen LogP contribution in [0.4, 0.5) is 5.69 Å². The second-order valence-corrected chi connectivity index (χ2v) is 8.28. The molecule has 2 heterocycles. The molecule has 2 aromatic carbocycles. The van der Waals surface area contributed by atoms with Gasteiger partial charge < -0.3 is 0 Å². The lowest BCUT2D eigenvalue weighted by molar-refractivity contribution is -0.387. The summed E-state index contributed by atoms with van der Waals surface area (Å²) in [6, 6.07) is 14.1. The van der Waals surface area contributed by atoms with E-state index < -0.39 is 10.5 Å². The highest BCUT2D eigenvalue weighted by Crippen LogP contribution is 2.48. The Labute approximate surface area is 160 Å². The third-order valence-electron chi connectivity index (χ3n) is 5.50. The zero-order chi connectivity index (χ0) is 18.5. The van der Waals surface area contributed by atoms with Gasteiger partial charge in [0, 0.05) is 24.3 Å². The maximum Gasteiger partial charge on any atom is 0.337 e. The number of pyridine rings is 1. The molecule has 1 aliphatic heterocycles. The smallest absolute Gasteiger partial charge is 0.296 e. The van der Waals surface area contributed by atoms with Gasteiger partial charge in [0.05, 0.1) is 9.95 Å². The van der Waals surface area contributed by atoms with E-state index in [4.69, 9.17) is 0 Å². The van der Waals surface area contributed by atoms with Crippen LogP contribution in [0.15, 0.2) is 52.3 Å². The number of rotatable bonds is 4. The molecule has 0 amide bonds. The molecule has 0 spiro atoms. The molecule has 2 aliphatic rings. The molecule has 1 aliphatic carbocycles. The van der Waals surface area contributed by atoms with Crippen molar-refractivity contribution in [1.29, 1.82) is 0 Å². The number of benzene rings is 2. The van der Waals surface area contributed by atoms with Gasteiger partial charge in [-0.2, -0.15) is 0 Å². The van der Waals surface area contributed by atoms with Crippen LogP contribution in [0.2, 0.25) is 0 Å². The van der Waals surface area contributed by atoms with E-state index in [0.717, 1.165) is 45.5 Å². The van der Waals surface area contributed by atoms with Crippen molar-refractivity contribution in [3.05, 3.63) is 79.6 Å². The van der Waals surface area contributed by atoms with Gasteiger partial charge >= 0.3 is 11.2 Å². The summed E-state index contributed by atoms with van der Waals surface area (Å²) >= 11 is 1.67. The standard InChI is InChI=1S/C21H18N2O3S/c24-20-19(23(25)26)17(18(14-8-9-14)21-22(20)10-11-27-21)12-15-6-3-5-13-4-1-2-7-16(13)15/h1-7,14H,8-12H2. The van der Waals surface area contributed by atoms with Crippen LogP contribution in [-0.4, -0.2) is 15.2 Å². The maximum atomic E-state index is 12.9. The predicted molar refractivity (Wildman–Crippen MR) is 107 cm³/mol. The summed E-state index contributed by atoms with van der Waals surface area (Å²) in [4.78, 5) is 24.3. The summed E-state index contributed by atoms with van der Waals surface area (Å²) in [5.74, 6) is 1.16. The molecule has 1 aromatic heterocycles. The van der Waals surface area contributed by atoms with Gasteiger partial charge in [-0.1, -0.05) is 42.5 Å². The van der Waals surface area contributed by atoms with Crippen molar-refractivity contribution in [3.8, 4) is 0 Å². The van der Waals surface area contributed by atoms with Crippen LogP contribution >= 0.6 is 11.8 Å². The third kappa shape index (κ3) is 2.67. The van der Waals surface area contributed by atoms with E-state index in [9.17, 15) is 14.9 Å². The number of thioether (sulfide) groups is 1. The minimum absolute atomic E-state index is 0.226. The first kappa shape index (κ1) is 16.6. The van der Waals surface area contributed by atoms with Crippen molar-refractivity contribution in [2.75, 3.05) is 5.75 Å². The highest BCUT2D eigenvalue weighted by atomic mass is 32.2. The number of nitrogens with zero attached hydrogens (tertiary/aromatic N) is 2. The van der Waals surface area contributed by atoms with Crippen molar-refractivity contribution in [1.82, 2.24) is 4.57 Å². The van der Waals surface area contributed by atoms with Crippen molar-refractivity contribution in [2.45, 2.75) is 36.8 Å². The molecule has 0 radical (unpaired) electrons. The van der Waals surface area contributed by atoms with Gasteiger partial charge in [0.15, 0.2) is 0 Å². The van der Waals surface area contributed by atoms with Gasteiger partial charge in [-0.3, -0.25) is 19.5 Å². The summed E-state index contributed by atoms with van der Waals surface area (Å²) < 4.78 is 1.63. The van der Waals surface area contributed by atoms with E-state index in [-0.39, 0.29) is 5.69 Å². The van der Waals surface area contributed by atoms with Gasteiger partial charge in [0.25, 0.3) is 0 Å². The Kier molecular flexibility index (Phi) is 3.82. The summed E-state index contributed by atoms with van der Waals surface area (Å²) in [6.45, 7) is 0.563. The van der Waals surface area contributed by atoms with E-state index in [1.165, 1.54) is 0 Å². The largest absolute Gasteiger partial charge is 0.337 e. The normalized spacial score (nSPS) is 15.9. The van der Waals surface area contributed by atoms with Crippen molar-refractivity contribution in [3.63, 3.8) is 0 Å². The zero-order valence-corrected chi connectivity index (χ0v) is 15.5. The van der Waals surface area contributed by atoms with Crippen molar-refractivity contribution < 1.29 is 4.92 Å². The van der Waals surface area contributed by atoms with Crippen molar-refractivity contribution in [2.24, 2.45) is 0 Å². The molecule has 5 rings (SSSR count). The first-order valence-corrected chi connectivity index (χ1v) is 10.2. The third-order valence-corrected chi connectivity index (χ3v) is 6.60. The van der Waals surface area contributed by atoms with E-state index in [0.29, 0.717) is 24.4 Å². The van der Waals surface area contributed by atoms with E-state index >= 15 is 0 Å². The van der Waals surface area contributed by atoms with Crippen LogP contribution < -0.4 is 5.56 Å². The Balaban J connectivity index is 1.77. The molecular formula is C21H18N2O3S. The lowest BCUT2D eigenvalue weighted by Crippen LogP contribution is -2.25. The molecule has 0 atom stereocenters. The quantitative estimate of drug-likeness (QED) is 0.496. The average molecular weight is 378 g/mol. The van der Waals surface area contributed by atoms with Gasteiger partial charge in [-0.25, -0.2) is 0 Å². The predicted octanol–water partition coefficient (Wildman–Crippen LogP) is 4.48. The van der Waals surface area contributed by atoms with Crippen LogP contribution in [-0.2, 0) is 13.0 Å². The summed E-state index contributed by atoms with van der Waals surface area (Å²) in [6.07, 6.45) is 2.52. The van der Waals surface area contributed by atoms with Crippen LogP contribution in [0.3, 0.4) is 0 Å². The van der Waals surface area contributed by atoms with Crippen LogP contribution in [0.5, 0.6) is 0 Å². The monoisotopic (exact) mass is 378 g/mol. The molecule has 1 saturated carbocycles. The first-order valence-electron chi connectivity index (χ1n) is 9.18. The van der Waals surface area contributed by atoms with E-state index in [1.807, 2.05) is 42.5 Å². The number of fused-ring (bicyclic) bond motifs is 2. The fraction of sp³-hybridized carbons (Fsp3) is 0.286. The second-order valence-electron chi connectivity index (χ2n) is 7.20. The minimum Gasteiger partial charge on any atom is -0.296 e. The average Bonchev–Trinajstić information content (AvgIpc) is 3.37. The SMILES string of the molecule is O=c1c([N+](=O)[O-])c(Cc2cccc3ccccc23)c(C2CC2)c2n1CCS2. The molecule has 5 nitrogen and oxygen atoms in total. The lowest BCUT2D eigenvalue weighted by atomic mass is 9.94. The molecule has 136 valence electrons. The topological polar surface area (TPSA) is 65.1 Å². The first-order chi connectivity index (χ1) is 13.1. The van der Waals surface area contributed by atoms with E-state index in [1.54, 1.807) is 16.3 Å². The molecular weight excluding hydrogens is 360 g/mol. The summed E-state index contributed by atoms with van der Waals surface area (Å²) in [5, 5.41) is 15.0. The molecule has 0 N–H and O–H groups in total. The van der Waals surface area contributed by atoms with Crippen LogP contribution in [0, 0.1) is 10.1 Å². The maximum absolute atomic E-state index is 12.9. The zero-order valence-electron chi connectivity index (χ0n) is 14.7. The fourth-order valence-electron chi connectivity index (χ4n) is 4.14. The fourth-order valence-corrected chi connectivity index (χ4v) is 5.38. The van der Waals surface area contributed by atoms with Crippen LogP contribution in [0.25, 0.3) is 10.8 Å². The molecule has 1 fully saturated rings. The van der Waals surface area contributed by atoms with Crippen LogP contribution in [0.1, 0.15) is 35.4 Å². The Bertz CT molecular complexity index is 1140. The Morgan fingerprint density at radius 2 is 1.93 bits per heavy atom.